The van der Waals surface area contributed by atoms with E-state index in [9.17, 15) is 9.90 Å². The number of aromatic nitrogens is 1. The Morgan fingerprint density at radius 2 is 2.00 bits per heavy atom. The first-order chi connectivity index (χ1) is 13.4. The van der Waals surface area contributed by atoms with E-state index >= 15 is 0 Å². The van der Waals surface area contributed by atoms with Crippen LogP contribution in [0.4, 0.5) is 0 Å². The molecule has 0 radical (unpaired) electrons. The van der Waals surface area contributed by atoms with E-state index in [1.807, 2.05) is 30.3 Å². The minimum atomic E-state index is -0.672. The number of methoxy groups -OCH3 is 1. The molecule has 0 bridgehead atoms. The first-order valence-corrected chi connectivity index (χ1v) is 10.5. The SMILES string of the molecule is COc1nc(-c2cccc(Br)c2Cl)ccc1CN(C)C1CCC(C(=O)O)CC1. The topological polar surface area (TPSA) is 62.7 Å². The molecule has 7 heteroatoms. The second kappa shape index (κ2) is 9.25. The van der Waals surface area contributed by atoms with Gasteiger partial charge in [0.1, 0.15) is 0 Å². The Hall–Kier alpha value is -1.63. The normalized spacial score (nSPS) is 19.6. The number of halogens is 2. The molecule has 1 heterocycles. The van der Waals surface area contributed by atoms with Gasteiger partial charge in [0, 0.05) is 28.2 Å². The minimum absolute atomic E-state index is 0.199. The molecule has 0 amide bonds. The number of carboxylic acid groups (broad SMARTS) is 1. The zero-order valence-electron chi connectivity index (χ0n) is 16.0. The number of rotatable bonds is 6. The fourth-order valence-electron chi connectivity index (χ4n) is 3.78. The monoisotopic (exact) mass is 466 g/mol. The summed E-state index contributed by atoms with van der Waals surface area (Å²) >= 11 is 9.85. The number of nitrogens with zero attached hydrogens (tertiary/aromatic N) is 2. The number of aliphatic carboxylic acids is 1. The van der Waals surface area contributed by atoms with Crippen molar-refractivity contribution in [2.24, 2.45) is 5.92 Å². The molecule has 1 saturated carbocycles. The summed E-state index contributed by atoms with van der Waals surface area (Å²) in [6.45, 7) is 0.699. The van der Waals surface area contributed by atoms with Crippen molar-refractivity contribution >= 4 is 33.5 Å². The van der Waals surface area contributed by atoms with Crippen LogP contribution in [0.15, 0.2) is 34.8 Å². The van der Waals surface area contributed by atoms with E-state index in [1.54, 1.807) is 7.11 Å². The van der Waals surface area contributed by atoms with Gasteiger partial charge in [0.2, 0.25) is 5.88 Å². The molecule has 2 aromatic rings. The number of benzene rings is 1. The Labute approximate surface area is 178 Å². The number of hydrogen-bond donors (Lipinski definition) is 1. The molecular weight excluding hydrogens is 444 g/mol. The van der Waals surface area contributed by atoms with Gasteiger partial charge in [-0.2, -0.15) is 0 Å². The van der Waals surface area contributed by atoms with Gasteiger partial charge in [0.05, 0.1) is 23.7 Å². The maximum atomic E-state index is 11.1. The minimum Gasteiger partial charge on any atom is -0.481 e. The van der Waals surface area contributed by atoms with Crippen LogP contribution < -0.4 is 4.74 Å². The summed E-state index contributed by atoms with van der Waals surface area (Å²) in [7, 11) is 3.69. The molecule has 1 aromatic carbocycles. The molecule has 0 atom stereocenters. The Morgan fingerprint density at radius 3 is 2.64 bits per heavy atom. The number of carboxylic acids is 1. The highest BCUT2D eigenvalue weighted by Crippen LogP contribution is 2.34. The van der Waals surface area contributed by atoms with E-state index < -0.39 is 5.97 Å². The van der Waals surface area contributed by atoms with Crippen LogP contribution in [0.3, 0.4) is 0 Å². The molecule has 1 aromatic heterocycles. The molecule has 1 fully saturated rings. The summed E-state index contributed by atoms with van der Waals surface area (Å²) in [5.74, 6) is -0.288. The van der Waals surface area contributed by atoms with Crippen LogP contribution in [0.5, 0.6) is 5.88 Å². The molecule has 0 aliphatic heterocycles. The third-order valence-corrected chi connectivity index (χ3v) is 6.75. The number of carbonyl (C=O) groups is 1. The van der Waals surface area contributed by atoms with Crippen molar-refractivity contribution in [3.05, 3.63) is 45.4 Å². The first kappa shape index (κ1) is 21.1. The molecule has 1 aliphatic carbocycles. The van der Waals surface area contributed by atoms with E-state index in [0.717, 1.165) is 47.0 Å². The van der Waals surface area contributed by atoms with Crippen molar-refractivity contribution in [3.8, 4) is 17.1 Å². The largest absolute Gasteiger partial charge is 0.481 e. The Balaban J connectivity index is 1.74. The van der Waals surface area contributed by atoms with Gasteiger partial charge in [0.15, 0.2) is 0 Å². The molecule has 1 aliphatic rings. The van der Waals surface area contributed by atoms with Gasteiger partial charge in [-0.25, -0.2) is 4.98 Å². The summed E-state index contributed by atoms with van der Waals surface area (Å²) in [6.07, 6.45) is 3.27. The molecule has 3 rings (SSSR count). The van der Waals surface area contributed by atoms with Gasteiger partial charge >= 0.3 is 5.97 Å². The van der Waals surface area contributed by atoms with Crippen LogP contribution in [0, 0.1) is 5.92 Å². The number of pyridine rings is 1. The Kier molecular flexibility index (Phi) is 6.96. The molecular formula is C21H24BrClN2O3. The van der Waals surface area contributed by atoms with Crippen LogP contribution in [0.2, 0.25) is 5.02 Å². The maximum Gasteiger partial charge on any atom is 0.306 e. The fourth-order valence-corrected chi connectivity index (χ4v) is 4.37. The van der Waals surface area contributed by atoms with Crippen molar-refractivity contribution in [1.29, 1.82) is 0 Å². The average Bonchev–Trinajstić information content (AvgIpc) is 2.70. The molecule has 150 valence electrons. The summed E-state index contributed by atoms with van der Waals surface area (Å²) in [5.41, 5.74) is 2.61. The van der Waals surface area contributed by atoms with Gasteiger partial charge in [-0.15, -0.1) is 0 Å². The number of hydrogen-bond acceptors (Lipinski definition) is 4. The van der Waals surface area contributed by atoms with E-state index in [-0.39, 0.29) is 5.92 Å². The third kappa shape index (κ3) is 4.67. The van der Waals surface area contributed by atoms with E-state index in [0.29, 0.717) is 23.5 Å². The lowest BCUT2D eigenvalue weighted by Gasteiger charge is -2.33. The van der Waals surface area contributed by atoms with E-state index in [1.165, 1.54) is 0 Å². The zero-order chi connectivity index (χ0) is 20.3. The zero-order valence-corrected chi connectivity index (χ0v) is 18.3. The fraction of sp³-hybridized carbons (Fsp3) is 0.429. The highest BCUT2D eigenvalue weighted by atomic mass is 79.9. The summed E-state index contributed by atoms with van der Waals surface area (Å²) in [6, 6.07) is 10.1. The van der Waals surface area contributed by atoms with Crippen molar-refractivity contribution in [1.82, 2.24) is 9.88 Å². The van der Waals surface area contributed by atoms with Crippen LogP contribution in [-0.4, -0.2) is 41.2 Å². The predicted molar refractivity (Wildman–Crippen MR) is 114 cm³/mol. The van der Waals surface area contributed by atoms with Crippen LogP contribution in [-0.2, 0) is 11.3 Å². The van der Waals surface area contributed by atoms with Crippen LogP contribution in [0.1, 0.15) is 31.2 Å². The van der Waals surface area contributed by atoms with Crippen molar-refractivity contribution in [2.45, 2.75) is 38.3 Å². The van der Waals surface area contributed by atoms with E-state index in [2.05, 4.69) is 32.9 Å². The highest BCUT2D eigenvalue weighted by Gasteiger charge is 2.28. The van der Waals surface area contributed by atoms with Gasteiger partial charge in [-0.1, -0.05) is 29.8 Å². The second-order valence-corrected chi connectivity index (χ2v) is 8.46. The van der Waals surface area contributed by atoms with Crippen molar-refractivity contribution in [2.75, 3.05) is 14.2 Å². The van der Waals surface area contributed by atoms with Gasteiger partial charge in [-0.05, 0) is 60.8 Å². The summed E-state index contributed by atoms with van der Waals surface area (Å²) in [5, 5.41) is 9.79. The maximum absolute atomic E-state index is 11.1. The van der Waals surface area contributed by atoms with Crippen LogP contribution >= 0.6 is 27.5 Å². The second-order valence-electron chi connectivity index (χ2n) is 7.23. The van der Waals surface area contributed by atoms with Crippen molar-refractivity contribution in [3.63, 3.8) is 0 Å². The molecule has 28 heavy (non-hydrogen) atoms. The van der Waals surface area contributed by atoms with Crippen LogP contribution in [0.25, 0.3) is 11.3 Å². The molecule has 1 N–H and O–H groups in total. The third-order valence-electron chi connectivity index (χ3n) is 5.45. The first-order valence-electron chi connectivity index (χ1n) is 9.32. The molecule has 0 spiro atoms. The Bertz CT molecular complexity index is 854. The smallest absolute Gasteiger partial charge is 0.306 e. The van der Waals surface area contributed by atoms with E-state index in [4.69, 9.17) is 16.3 Å². The average molecular weight is 468 g/mol. The lowest BCUT2D eigenvalue weighted by Crippen LogP contribution is -2.36. The van der Waals surface area contributed by atoms with Crippen molar-refractivity contribution < 1.29 is 14.6 Å². The van der Waals surface area contributed by atoms with Gasteiger partial charge in [0.25, 0.3) is 0 Å². The lowest BCUT2D eigenvalue weighted by molar-refractivity contribution is -0.143. The standard InChI is InChI=1S/C21H24BrClN2O3/c1-25(15-9-6-13(7-10-15)21(26)27)12-14-8-11-18(24-20(14)28-2)16-4-3-5-17(22)19(16)23/h3-5,8,11,13,15H,6-7,9-10,12H2,1-2H3,(H,26,27). The lowest BCUT2D eigenvalue weighted by atomic mass is 9.85. The Morgan fingerprint density at radius 1 is 1.29 bits per heavy atom. The number of ether oxygens (including phenoxy) is 1. The van der Waals surface area contributed by atoms with Gasteiger partial charge in [-0.3, -0.25) is 9.69 Å². The quantitative estimate of drug-likeness (QED) is 0.629. The molecule has 5 nitrogen and oxygen atoms in total. The summed E-state index contributed by atoms with van der Waals surface area (Å²) < 4.78 is 6.37. The highest BCUT2D eigenvalue weighted by molar-refractivity contribution is 9.10. The molecule has 0 saturated heterocycles. The van der Waals surface area contributed by atoms with Gasteiger partial charge < -0.3 is 9.84 Å². The molecule has 0 unspecified atom stereocenters. The predicted octanol–water partition coefficient (Wildman–Crippen LogP) is 5.25. The summed E-state index contributed by atoms with van der Waals surface area (Å²) in [4.78, 5) is 18.1.